The molecule has 0 saturated carbocycles. The van der Waals surface area contributed by atoms with E-state index in [2.05, 4.69) is 58.2 Å². The highest BCUT2D eigenvalue weighted by atomic mass is 127. The van der Waals surface area contributed by atoms with E-state index >= 15 is 0 Å². The number of guanidine groups is 1. The Hall–Kier alpha value is -0.380. The van der Waals surface area contributed by atoms with Crippen LogP contribution in [0.1, 0.15) is 57.4 Å². The van der Waals surface area contributed by atoms with Gasteiger partial charge in [0.25, 0.3) is 0 Å². The first-order valence-corrected chi connectivity index (χ1v) is 12.0. The maximum absolute atomic E-state index is 5.10. The van der Waals surface area contributed by atoms with Crippen molar-refractivity contribution < 1.29 is 0 Å². The molecular weight excluding hydrogens is 493 g/mol. The van der Waals surface area contributed by atoms with Crippen LogP contribution in [0, 0.1) is 0 Å². The molecule has 7 heteroatoms. The molecule has 0 aromatic carbocycles. The number of likely N-dealkylation sites (tertiary alicyclic amines) is 2. The molecule has 1 atom stereocenters. The first kappa shape index (κ1) is 24.9. The molecule has 1 unspecified atom stereocenters. The van der Waals surface area contributed by atoms with Gasteiger partial charge in [0.05, 0.1) is 6.54 Å². The summed E-state index contributed by atoms with van der Waals surface area (Å²) >= 11 is 1.77. The summed E-state index contributed by atoms with van der Waals surface area (Å²) in [6.45, 7) is 12.0. The van der Waals surface area contributed by atoms with Crippen LogP contribution in [-0.2, 0) is 0 Å². The number of nitrogens with zero attached hydrogens (tertiary/aromatic N) is 3. The van der Waals surface area contributed by atoms with Gasteiger partial charge in [-0.05, 0) is 94.1 Å². The Bertz CT molecular complexity index is 592. The molecule has 0 amide bonds. The molecule has 29 heavy (non-hydrogen) atoms. The summed E-state index contributed by atoms with van der Waals surface area (Å²) in [7, 11) is 2.25. The SMILES string of the molecule is CCNC(=NCC1(N2CCCCC2)CCN(C)CC1)NCC(C)c1ccsc1.I. The number of halogens is 1. The second-order valence-electron chi connectivity index (χ2n) is 8.61. The third-order valence-corrected chi connectivity index (χ3v) is 7.21. The Morgan fingerprint density at radius 2 is 1.90 bits per heavy atom. The van der Waals surface area contributed by atoms with Crippen LogP contribution in [0.2, 0.25) is 0 Å². The summed E-state index contributed by atoms with van der Waals surface area (Å²) in [5, 5.41) is 11.5. The molecule has 0 bridgehead atoms. The van der Waals surface area contributed by atoms with Crippen molar-refractivity contribution in [2.24, 2.45) is 4.99 Å². The summed E-state index contributed by atoms with van der Waals surface area (Å²) in [6.07, 6.45) is 6.55. The van der Waals surface area contributed by atoms with Crippen molar-refractivity contribution >= 4 is 41.3 Å². The monoisotopic (exact) mass is 533 g/mol. The minimum atomic E-state index is 0. The quantitative estimate of drug-likeness (QED) is 0.316. The van der Waals surface area contributed by atoms with Crippen LogP contribution in [0.15, 0.2) is 21.8 Å². The number of rotatable bonds is 7. The summed E-state index contributed by atoms with van der Waals surface area (Å²) in [5.41, 5.74) is 1.65. The third kappa shape index (κ3) is 7.08. The predicted molar refractivity (Wildman–Crippen MR) is 137 cm³/mol. The molecule has 2 N–H and O–H groups in total. The van der Waals surface area contributed by atoms with Gasteiger partial charge in [-0.25, -0.2) is 0 Å². The highest BCUT2D eigenvalue weighted by Gasteiger charge is 2.39. The Morgan fingerprint density at radius 3 is 2.52 bits per heavy atom. The highest BCUT2D eigenvalue weighted by molar-refractivity contribution is 14.0. The van der Waals surface area contributed by atoms with Gasteiger partial charge in [-0.1, -0.05) is 13.3 Å². The standard InChI is InChI=1S/C22H39N5S.HI/c1-4-23-21(24-16-19(2)20-8-15-28-17-20)25-18-22(9-13-26(3)14-10-22)27-11-6-5-7-12-27;/h8,15,17,19H,4-7,9-14,16,18H2,1-3H3,(H2,23,24,25);1H. The van der Waals surface area contributed by atoms with Gasteiger partial charge in [0.1, 0.15) is 0 Å². The topological polar surface area (TPSA) is 42.9 Å². The van der Waals surface area contributed by atoms with Crippen molar-refractivity contribution in [3.8, 4) is 0 Å². The average Bonchev–Trinajstić information content (AvgIpc) is 3.27. The number of hydrogen-bond donors (Lipinski definition) is 2. The average molecular weight is 534 g/mol. The Kier molecular flexibility index (Phi) is 10.7. The Balaban J connectivity index is 0.00000300. The molecule has 2 aliphatic rings. The molecule has 0 spiro atoms. The van der Waals surface area contributed by atoms with E-state index in [0.29, 0.717) is 5.92 Å². The van der Waals surface area contributed by atoms with Gasteiger partial charge in [-0.15, -0.1) is 24.0 Å². The molecule has 2 fully saturated rings. The molecule has 3 heterocycles. The second kappa shape index (κ2) is 12.5. The van der Waals surface area contributed by atoms with Gasteiger partial charge in [0, 0.05) is 18.6 Å². The fourth-order valence-corrected chi connectivity index (χ4v) is 5.25. The van der Waals surface area contributed by atoms with Crippen molar-refractivity contribution in [1.82, 2.24) is 20.4 Å². The first-order chi connectivity index (χ1) is 13.6. The molecule has 0 radical (unpaired) electrons. The molecule has 1 aromatic rings. The zero-order valence-corrected chi connectivity index (χ0v) is 21.6. The van der Waals surface area contributed by atoms with Crippen molar-refractivity contribution in [3.63, 3.8) is 0 Å². The first-order valence-electron chi connectivity index (χ1n) is 11.1. The summed E-state index contributed by atoms with van der Waals surface area (Å²) in [6, 6.07) is 2.23. The van der Waals surface area contributed by atoms with Gasteiger partial charge in [-0.2, -0.15) is 11.3 Å². The number of hydrogen-bond acceptors (Lipinski definition) is 4. The van der Waals surface area contributed by atoms with Crippen molar-refractivity contribution in [1.29, 1.82) is 0 Å². The van der Waals surface area contributed by atoms with Gasteiger partial charge in [0.15, 0.2) is 5.96 Å². The van der Waals surface area contributed by atoms with E-state index in [-0.39, 0.29) is 29.5 Å². The highest BCUT2D eigenvalue weighted by Crippen LogP contribution is 2.31. The van der Waals surface area contributed by atoms with Gasteiger partial charge >= 0.3 is 0 Å². The van der Waals surface area contributed by atoms with Crippen LogP contribution < -0.4 is 10.6 Å². The Labute approximate surface area is 198 Å². The van der Waals surface area contributed by atoms with E-state index in [1.807, 2.05) is 0 Å². The molecule has 2 saturated heterocycles. The summed E-state index contributed by atoms with van der Waals surface area (Å²) < 4.78 is 0. The maximum atomic E-state index is 5.10. The molecule has 2 aliphatic heterocycles. The third-order valence-electron chi connectivity index (χ3n) is 6.51. The maximum Gasteiger partial charge on any atom is 0.191 e. The number of thiophene rings is 1. The van der Waals surface area contributed by atoms with Crippen LogP contribution in [0.5, 0.6) is 0 Å². The fourth-order valence-electron chi connectivity index (χ4n) is 4.47. The molecule has 3 rings (SSSR count). The molecule has 166 valence electrons. The number of nitrogens with one attached hydrogen (secondary N) is 2. The van der Waals surface area contributed by atoms with Crippen LogP contribution in [0.3, 0.4) is 0 Å². The zero-order valence-electron chi connectivity index (χ0n) is 18.5. The van der Waals surface area contributed by atoms with E-state index in [0.717, 1.165) is 25.6 Å². The van der Waals surface area contributed by atoms with E-state index in [1.54, 1.807) is 11.3 Å². The van der Waals surface area contributed by atoms with Crippen LogP contribution in [0.4, 0.5) is 0 Å². The van der Waals surface area contributed by atoms with E-state index in [4.69, 9.17) is 4.99 Å². The molecule has 0 aliphatic carbocycles. The molecular formula is C22H40IN5S. The summed E-state index contributed by atoms with van der Waals surface area (Å²) in [5.74, 6) is 1.47. The smallest absolute Gasteiger partial charge is 0.191 e. The minimum absolute atomic E-state index is 0. The zero-order chi connectivity index (χ0) is 19.8. The lowest BCUT2D eigenvalue weighted by Crippen LogP contribution is -2.58. The fraction of sp³-hybridized carbons (Fsp3) is 0.773. The lowest BCUT2D eigenvalue weighted by atomic mass is 9.84. The predicted octanol–water partition coefficient (Wildman–Crippen LogP) is 3.98. The van der Waals surface area contributed by atoms with Crippen molar-refractivity contribution in [3.05, 3.63) is 22.4 Å². The lowest BCUT2D eigenvalue weighted by molar-refractivity contribution is 0.0208. The van der Waals surface area contributed by atoms with E-state index in [1.165, 1.54) is 63.8 Å². The minimum Gasteiger partial charge on any atom is -0.357 e. The summed E-state index contributed by atoms with van der Waals surface area (Å²) in [4.78, 5) is 10.3. The molecule has 1 aromatic heterocycles. The van der Waals surface area contributed by atoms with E-state index < -0.39 is 0 Å². The van der Waals surface area contributed by atoms with Crippen molar-refractivity contribution in [2.75, 3.05) is 52.9 Å². The van der Waals surface area contributed by atoms with Gasteiger partial charge in [-0.3, -0.25) is 9.89 Å². The van der Waals surface area contributed by atoms with Crippen molar-refractivity contribution in [2.45, 2.75) is 57.4 Å². The second-order valence-corrected chi connectivity index (χ2v) is 9.39. The van der Waals surface area contributed by atoms with Crippen LogP contribution in [-0.4, -0.2) is 74.2 Å². The largest absolute Gasteiger partial charge is 0.357 e. The Morgan fingerprint density at radius 1 is 1.17 bits per heavy atom. The van der Waals surface area contributed by atoms with E-state index in [9.17, 15) is 0 Å². The lowest BCUT2D eigenvalue weighted by Gasteiger charge is -2.49. The number of piperidine rings is 2. The van der Waals surface area contributed by atoms with Crippen LogP contribution in [0.25, 0.3) is 0 Å². The van der Waals surface area contributed by atoms with Gasteiger partial charge < -0.3 is 15.5 Å². The number of aliphatic imine (C=N–C) groups is 1. The normalized spacial score (nSPS) is 22.0. The van der Waals surface area contributed by atoms with Gasteiger partial charge in [0.2, 0.25) is 0 Å². The molecule has 5 nitrogen and oxygen atoms in total. The van der Waals surface area contributed by atoms with Crippen LogP contribution >= 0.6 is 35.3 Å².